The molecule has 2 heterocycles. The monoisotopic (exact) mass is 318 g/mol. The molecule has 0 saturated carbocycles. The molecular weight excluding hydrogens is 288 g/mol. The molecule has 1 aromatic heterocycles. The standard InChI is InChI=1S/C18H30N4O/c1-18(2)15(9-11-22(18)5)12-21(4)17(23)14-20(3)13-16-8-6-7-10-19-16/h6-8,10,15H,9,11-14H2,1-5H3/t15-/m0/s1. The Labute approximate surface area is 140 Å². The Balaban J connectivity index is 1.83. The van der Waals surface area contributed by atoms with Crippen molar-refractivity contribution in [1.82, 2.24) is 19.7 Å². The average Bonchev–Trinajstić information content (AvgIpc) is 2.74. The molecule has 128 valence electrons. The lowest BCUT2D eigenvalue weighted by atomic mass is 9.88. The maximum atomic E-state index is 12.5. The summed E-state index contributed by atoms with van der Waals surface area (Å²) in [4.78, 5) is 23.1. The van der Waals surface area contributed by atoms with Gasteiger partial charge in [0, 0.05) is 31.9 Å². The van der Waals surface area contributed by atoms with Gasteiger partial charge in [0.1, 0.15) is 0 Å². The molecule has 1 saturated heterocycles. The predicted molar refractivity (Wildman–Crippen MR) is 93.0 cm³/mol. The predicted octanol–water partition coefficient (Wildman–Crippen LogP) is 1.70. The summed E-state index contributed by atoms with van der Waals surface area (Å²) >= 11 is 0. The molecule has 1 aliphatic rings. The Kier molecular flexibility index (Phi) is 5.76. The summed E-state index contributed by atoms with van der Waals surface area (Å²) in [6.07, 6.45) is 2.95. The Hall–Kier alpha value is -1.46. The fraction of sp³-hybridized carbons (Fsp3) is 0.667. The Bertz CT molecular complexity index is 517. The van der Waals surface area contributed by atoms with E-state index in [1.807, 2.05) is 42.1 Å². The Morgan fingerprint density at radius 3 is 2.70 bits per heavy atom. The lowest BCUT2D eigenvalue weighted by Gasteiger charge is -2.35. The van der Waals surface area contributed by atoms with Crippen LogP contribution in [0.15, 0.2) is 24.4 Å². The Morgan fingerprint density at radius 2 is 2.13 bits per heavy atom. The SMILES string of the molecule is CN(CC(=O)N(C)C[C@@H]1CCN(C)C1(C)C)Cc1ccccn1. The van der Waals surface area contributed by atoms with E-state index < -0.39 is 0 Å². The van der Waals surface area contributed by atoms with Crippen molar-refractivity contribution in [3.8, 4) is 0 Å². The molecule has 0 bridgehead atoms. The molecular formula is C18H30N4O. The van der Waals surface area contributed by atoms with Gasteiger partial charge in [-0.15, -0.1) is 0 Å². The summed E-state index contributed by atoms with van der Waals surface area (Å²) in [6.45, 7) is 7.60. The fourth-order valence-corrected chi connectivity index (χ4v) is 3.23. The van der Waals surface area contributed by atoms with Crippen LogP contribution in [0.5, 0.6) is 0 Å². The third kappa shape index (κ3) is 4.52. The first kappa shape index (κ1) is 17.9. The van der Waals surface area contributed by atoms with Gasteiger partial charge in [0.2, 0.25) is 5.91 Å². The van der Waals surface area contributed by atoms with E-state index >= 15 is 0 Å². The topological polar surface area (TPSA) is 39.7 Å². The normalized spacial score (nSPS) is 20.9. The average molecular weight is 318 g/mol. The number of carbonyl (C=O) groups excluding carboxylic acids is 1. The first-order chi connectivity index (χ1) is 10.8. The van der Waals surface area contributed by atoms with Gasteiger partial charge in [0.05, 0.1) is 12.2 Å². The number of hydrogen-bond donors (Lipinski definition) is 0. The molecule has 2 rings (SSSR count). The molecule has 0 aliphatic carbocycles. The van der Waals surface area contributed by atoms with Crippen LogP contribution in [0.2, 0.25) is 0 Å². The van der Waals surface area contributed by atoms with Crippen molar-refractivity contribution in [2.24, 2.45) is 5.92 Å². The number of rotatable bonds is 6. The lowest BCUT2D eigenvalue weighted by Crippen LogP contribution is -2.46. The van der Waals surface area contributed by atoms with E-state index in [0.717, 1.165) is 25.2 Å². The fourth-order valence-electron chi connectivity index (χ4n) is 3.23. The van der Waals surface area contributed by atoms with Gasteiger partial charge in [-0.2, -0.15) is 0 Å². The maximum Gasteiger partial charge on any atom is 0.236 e. The summed E-state index contributed by atoms with van der Waals surface area (Å²) in [5, 5.41) is 0. The first-order valence-electron chi connectivity index (χ1n) is 8.34. The summed E-state index contributed by atoms with van der Waals surface area (Å²) in [7, 11) is 6.06. The number of pyridine rings is 1. The largest absolute Gasteiger partial charge is 0.344 e. The number of likely N-dealkylation sites (tertiary alicyclic amines) is 1. The molecule has 1 amide bonds. The molecule has 0 aromatic carbocycles. The molecule has 5 heteroatoms. The van der Waals surface area contributed by atoms with Gasteiger partial charge in [-0.05, 0) is 59.0 Å². The molecule has 5 nitrogen and oxygen atoms in total. The van der Waals surface area contributed by atoms with E-state index in [0.29, 0.717) is 19.0 Å². The maximum absolute atomic E-state index is 12.5. The van der Waals surface area contributed by atoms with Crippen molar-refractivity contribution in [1.29, 1.82) is 0 Å². The molecule has 0 spiro atoms. The number of hydrogen-bond acceptors (Lipinski definition) is 4. The van der Waals surface area contributed by atoms with Crippen molar-refractivity contribution in [3.63, 3.8) is 0 Å². The van der Waals surface area contributed by atoms with Crippen LogP contribution < -0.4 is 0 Å². The van der Waals surface area contributed by atoms with E-state index in [-0.39, 0.29) is 11.4 Å². The van der Waals surface area contributed by atoms with Crippen LogP contribution in [0.4, 0.5) is 0 Å². The van der Waals surface area contributed by atoms with E-state index in [1.54, 1.807) is 6.20 Å². The smallest absolute Gasteiger partial charge is 0.236 e. The van der Waals surface area contributed by atoms with Crippen LogP contribution in [-0.2, 0) is 11.3 Å². The van der Waals surface area contributed by atoms with Crippen LogP contribution >= 0.6 is 0 Å². The quantitative estimate of drug-likeness (QED) is 0.800. The van der Waals surface area contributed by atoms with Gasteiger partial charge in [0.15, 0.2) is 0 Å². The number of likely N-dealkylation sites (N-methyl/N-ethyl adjacent to an activating group) is 2. The van der Waals surface area contributed by atoms with Crippen LogP contribution in [0.3, 0.4) is 0 Å². The van der Waals surface area contributed by atoms with Crippen LogP contribution in [0.25, 0.3) is 0 Å². The van der Waals surface area contributed by atoms with Crippen LogP contribution in [0, 0.1) is 5.92 Å². The van der Waals surface area contributed by atoms with Crippen molar-refractivity contribution in [3.05, 3.63) is 30.1 Å². The van der Waals surface area contributed by atoms with E-state index in [9.17, 15) is 4.79 Å². The molecule has 23 heavy (non-hydrogen) atoms. The second-order valence-electron chi connectivity index (χ2n) is 7.33. The number of carbonyl (C=O) groups is 1. The minimum Gasteiger partial charge on any atom is -0.344 e. The molecule has 0 unspecified atom stereocenters. The number of amides is 1. The van der Waals surface area contributed by atoms with Crippen LogP contribution in [0.1, 0.15) is 26.0 Å². The van der Waals surface area contributed by atoms with Crippen LogP contribution in [-0.4, -0.2) is 71.9 Å². The van der Waals surface area contributed by atoms with E-state index in [4.69, 9.17) is 0 Å². The first-order valence-corrected chi connectivity index (χ1v) is 8.34. The lowest BCUT2D eigenvalue weighted by molar-refractivity contribution is -0.131. The second-order valence-corrected chi connectivity index (χ2v) is 7.33. The zero-order valence-electron chi connectivity index (χ0n) is 15.1. The highest BCUT2D eigenvalue weighted by Crippen LogP contribution is 2.33. The molecule has 1 atom stereocenters. The number of nitrogens with zero attached hydrogens (tertiary/aromatic N) is 4. The zero-order chi connectivity index (χ0) is 17.0. The summed E-state index contributed by atoms with van der Waals surface area (Å²) in [6, 6.07) is 5.87. The molecule has 1 aromatic rings. The highest BCUT2D eigenvalue weighted by Gasteiger charge is 2.39. The van der Waals surface area contributed by atoms with Gasteiger partial charge in [-0.25, -0.2) is 0 Å². The van der Waals surface area contributed by atoms with Crippen molar-refractivity contribution >= 4 is 5.91 Å². The van der Waals surface area contributed by atoms with Gasteiger partial charge >= 0.3 is 0 Å². The summed E-state index contributed by atoms with van der Waals surface area (Å²) in [5.41, 5.74) is 1.15. The van der Waals surface area contributed by atoms with E-state index in [2.05, 4.69) is 30.8 Å². The zero-order valence-corrected chi connectivity index (χ0v) is 15.1. The van der Waals surface area contributed by atoms with Crippen molar-refractivity contribution in [2.75, 3.05) is 40.8 Å². The highest BCUT2D eigenvalue weighted by molar-refractivity contribution is 5.78. The molecule has 1 aliphatic heterocycles. The van der Waals surface area contributed by atoms with Gasteiger partial charge in [-0.1, -0.05) is 6.07 Å². The van der Waals surface area contributed by atoms with Gasteiger partial charge in [-0.3, -0.25) is 14.7 Å². The third-order valence-corrected chi connectivity index (χ3v) is 5.28. The Morgan fingerprint density at radius 1 is 1.39 bits per heavy atom. The van der Waals surface area contributed by atoms with Gasteiger partial charge < -0.3 is 9.80 Å². The van der Waals surface area contributed by atoms with Gasteiger partial charge in [0.25, 0.3) is 0 Å². The van der Waals surface area contributed by atoms with E-state index in [1.165, 1.54) is 0 Å². The minimum atomic E-state index is 0.161. The molecule has 0 radical (unpaired) electrons. The molecule has 1 fully saturated rings. The second kappa shape index (κ2) is 7.41. The number of aromatic nitrogens is 1. The summed E-state index contributed by atoms with van der Waals surface area (Å²) in [5.74, 6) is 0.705. The molecule has 0 N–H and O–H groups in total. The van der Waals surface area contributed by atoms with Crippen molar-refractivity contribution < 1.29 is 4.79 Å². The minimum absolute atomic E-state index is 0.161. The highest BCUT2D eigenvalue weighted by atomic mass is 16.2. The third-order valence-electron chi connectivity index (χ3n) is 5.28. The summed E-state index contributed by atoms with van der Waals surface area (Å²) < 4.78 is 0. The van der Waals surface area contributed by atoms with Crippen molar-refractivity contribution in [2.45, 2.75) is 32.4 Å².